The first-order valence-corrected chi connectivity index (χ1v) is 5.76. The number of benzene rings is 2. The first kappa shape index (κ1) is 12.8. The maximum Gasteiger partial charge on any atom is 0.128 e. The highest BCUT2D eigenvalue weighted by Crippen LogP contribution is 2.29. The summed E-state index contributed by atoms with van der Waals surface area (Å²) >= 11 is 5.84. The lowest BCUT2D eigenvalue weighted by atomic mass is 9.97. The molecular weight excluding hydrogens is 253 g/mol. The monoisotopic (exact) mass is 265 g/mol. The van der Waals surface area contributed by atoms with E-state index in [0.29, 0.717) is 21.8 Å². The first-order valence-electron chi connectivity index (χ1n) is 5.39. The van der Waals surface area contributed by atoms with Gasteiger partial charge >= 0.3 is 0 Å². The van der Waals surface area contributed by atoms with E-state index in [0.717, 1.165) is 0 Å². The minimum Gasteiger partial charge on any atom is -0.398 e. The van der Waals surface area contributed by atoms with Crippen LogP contribution in [-0.4, -0.2) is 0 Å². The molecule has 0 aliphatic heterocycles. The van der Waals surface area contributed by atoms with E-state index in [2.05, 4.69) is 5.43 Å². The molecule has 0 aliphatic rings. The molecular formula is C13H13ClFN3. The van der Waals surface area contributed by atoms with E-state index in [4.69, 9.17) is 23.2 Å². The number of anilines is 1. The largest absolute Gasteiger partial charge is 0.398 e. The summed E-state index contributed by atoms with van der Waals surface area (Å²) in [5, 5.41) is 0.528. The molecule has 1 unspecified atom stereocenters. The summed E-state index contributed by atoms with van der Waals surface area (Å²) < 4.78 is 13.8. The van der Waals surface area contributed by atoms with Gasteiger partial charge in [-0.3, -0.25) is 5.84 Å². The van der Waals surface area contributed by atoms with E-state index in [-0.39, 0.29) is 5.82 Å². The Morgan fingerprint density at radius 1 is 1.11 bits per heavy atom. The second kappa shape index (κ2) is 5.35. The van der Waals surface area contributed by atoms with Crippen LogP contribution in [0.25, 0.3) is 0 Å². The van der Waals surface area contributed by atoms with Crippen LogP contribution in [0.4, 0.5) is 10.1 Å². The van der Waals surface area contributed by atoms with Gasteiger partial charge in [0.05, 0.1) is 6.04 Å². The van der Waals surface area contributed by atoms with Gasteiger partial charge in [0.1, 0.15) is 5.82 Å². The molecule has 0 saturated carbocycles. The SMILES string of the molecule is NNC(c1ccc(Cl)cc1N)c1ccccc1F. The molecule has 2 aromatic carbocycles. The number of halogens is 2. The van der Waals surface area contributed by atoms with Gasteiger partial charge in [0.15, 0.2) is 0 Å². The van der Waals surface area contributed by atoms with E-state index in [1.807, 2.05) is 0 Å². The third kappa shape index (κ3) is 2.46. The Labute approximate surface area is 110 Å². The Kier molecular flexibility index (Phi) is 3.81. The molecule has 0 amide bonds. The number of hydrogen-bond donors (Lipinski definition) is 3. The number of nitrogens with one attached hydrogen (secondary N) is 1. The van der Waals surface area contributed by atoms with Crippen LogP contribution in [0.3, 0.4) is 0 Å². The molecule has 18 heavy (non-hydrogen) atoms. The lowest BCUT2D eigenvalue weighted by Crippen LogP contribution is -2.30. The van der Waals surface area contributed by atoms with Crippen LogP contribution < -0.4 is 17.0 Å². The molecule has 0 bridgehead atoms. The lowest BCUT2D eigenvalue weighted by molar-refractivity contribution is 0.561. The van der Waals surface area contributed by atoms with Gasteiger partial charge in [-0.25, -0.2) is 9.82 Å². The summed E-state index contributed by atoms with van der Waals surface area (Å²) in [6, 6.07) is 10.9. The maximum atomic E-state index is 13.8. The average molecular weight is 266 g/mol. The normalized spacial score (nSPS) is 12.4. The molecule has 0 aromatic heterocycles. The lowest BCUT2D eigenvalue weighted by Gasteiger charge is -2.19. The van der Waals surface area contributed by atoms with E-state index >= 15 is 0 Å². The molecule has 1 atom stereocenters. The smallest absolute Gasteiger partial charge is 0.128 e. The quantitative estimate of drug-likeness (QED) is 0.454. The summed E-state index contributed by atoms with van der Waals surface area (Å²) in [6.45, 7) is 0. The fourth-order valence-electron chi connectivity index (χ4n) is 1.86. The Balaban J connectivity index is 2.49. The molecule has 3 nitrogen and oxygen atoms in total. The molecule has 0 heterocycles. The minimum absolute atomic E-state index is 0.338. The van der Waals surface area contributed by atoms with Crippen LogP contribution >= 0.6 is 11.6 Å². The van der Waals surface area contributed by atoms with Crippen molar-refractivity contribution in [3.63, 3.8) is 0 Å². The van der Waals surface area contributed by atoms with Crippen molar-refractivity contribution in [2.24, 2.45) is 5.84 Å². The van der Waals surface area contributed by atoms with Crippen molar-refractivity contribution in [1.82, 2.24) is 5.43 Å². The first-order chi connectivity index (χ1) is 8.63. The highest BCUT2D eigenvalue weighted by Gasteiger charge is 2.18. The summed E-state index contributed by atoms with van der Waals surface area (Å²) in [5.41, 5.74) is 10.0. The third-order valence-electron chi connectivity index (χ3n) is 2.74. The summed E-state index contributed by atoms with van der Waals surface area (Å²) in [4.78, 5) is 0. The number of nitrogens with two attached hydrogens (primary N) is 2. The Hall–Kier alpha value is -1.62. The van der Waals surface area contributed by atoms with Crippen molar-refractivity contribution in [2.75, 3.05) is 5.73 Å². The van der Waals surface area contributed by atoms with Crippen molar-refractivity contribution in [2.45, 2.75) is 6.04 Å². The molecule has 0 spiro atoms. The fraction of sp³-hybridized carbons (Fsp3) is 0.0769. The molecule has 2 aromatic rings. The van der Waals surface area contributed by atoms with Gasteiger partial charge in [0, 0.05) is 16.3 Å². The van der Waals surface area contributed by atoms with Gasteiger partial charge in [-0.1, -0.05) is 35.9 Å². The van der Waals surface area contributed by atoms with E-state index < -0.39 is 6.04 Å². The summed E-state index contributed by atoms with van der Waals surface area (Å²) in [5.74, 6) is 5.17. The molecule has 5 heteroatoms. The van der Waals surface area contributed by atoms with E-state index in [1.165, 1.54) is 6.07 Å². The summed E-state index contributed by atoms with van der Waals surface area (Å²) in [6.07, 6.45) is 0. The number of hydrogen-bond acceptors (Lipinski definition) is 3. The van der Waals surface area contributed by atoms with Crippen molar-refractivity contribution < 1.29 is 4.39 Å². The highest BCUT2D eigenvalue weighted by molar-refractivity contribution is 6.30. The number of nitrogen functional groups attached to an aromatic ring is 1. The standard InChI is InChI=1S/C13H13ClFN3/c14-8-5-6-10(12(16)7-8)13(18-17)9-3-1-2-4-11(9)15/h1-7,13,18H,16-17H2. The molecule has 0 radical (unpaired) electrons. The molecule has 5 N–H and O–H groups in total. The van der Waals surface area contributed by atoms with Gasteiger partial charge in [-0.2, -0.15) is 0 Å². The third-order valence-corrected chi connectivity index (χ3v) is 2.98. The predicted octanol–water partition coefficient (Wildman–Crippen LogP) is 2.61. The molecule has 0 fully saturated rings. The van der Waals surface area contributed by atoms with Gasteiger partial charge < -0.3 is 5.73 Å². The predicted molar refractivity (Wildman–Crippen MR) is 71.4 cm³/mol. The zero-order valence-electron chi connectivity index (χ0n) is 9.53. The Bertz CT molecular complexity index is 560. The highest BCUT2D eigenvalue weighted by atomic mass is 35.5. The average Bonchev–Trinajstić information content (AvgIpc) is 2.34. The van der Waals surface area contributed by atoms with E-state index in [9.17, 15) is 4.39 Å². The number of rotatable bonds is 3. The minimum atomic E-state index is -0.511. The second-order valence-electron chi connectivity index (χ2n) is 3.89. The topological polar surface area (TPSA) is 64.1 Å². The van der Waals surface area contributed by atoms with Gasteiger partial charge in [-0.05, 0) is 23.8 Å². The maximum absolute atomic E-state index is 13.8. The van der Waals surface area contributed by atoms with E-state index in [1.54, 1.807) is 36.4 Å². The zero-order chi connectivity index (χ0) is 13.1. The fourth-order valence-corrected chi connectivity index (χ4v) is 2.05. The van der Waals surface area contributed by atoms with Crippen LogP contribution in [0.15, 0.2) is 42.5 Å². The molecule has 2 rings (SSSR count). The van der Waals surface area contributed by atoms with Crippen LogP contribution in [0.1, 0.15) is 17.2 Å². The van der Waals surface area contributed by atoms with Crippen LogP contribution in [-0.2, 0) is 0 Å². The molecule has 0 aliphatic carbocycles. The summed E-state index contributed by atoms with van der Waals surface area (Å²) in [7, 11) is 0. The van der Waals surface area contributed by atoms with Gasteiger partial charge in [0.25, 0.3) is 0 Å². The van der Waals surface area contributed by atoms with Crippen molar-refractivity contribution in [3.8, 4) is 0 Å². The van der Waals surface area contributed by atoms with Crippen LogP contribution in [0.2, 0.25) is 5.02 Å². The Morgan fingerprint density at radius 3 is 2.44 bits per heavy atom. The van der Waals surface area contributed by atoms with Crippen LogP contribution in [0, 0.1) is 5.82 Å². The van der Waals surface area contributed by atoms with Crippen molar-refractivity contribution >= 4 is 17.3 Å². The second-order valence-corrected chi connectivity index (χ2v) is 4.33. The van der Waals surface area contributed by atoms with Crippen LogP contribution in [0.5, 0.6) is 0 Å². The van der Waals surface area contributed by atoms with Gasteiger partial charge in [-0.15, -0.1) is 0 Å². The molecule has 94 valence electrons. The molecule has 0 saturated heterocycles. The van der Waals surface area contributed by atoms with Crippen molar-refractivity contribution in [3.05, 3.63) is 64.4 Å². The Morgan fingerprint density at radius 2 is 1.83 bits per heavy atom. The number of hydrazine groups is 1. The van der Waals surface area contributed by atoms with Gasteiger partial charge in [0.2, 0.25) is 0 Å². The zero-order valence-corrected chi connectivity index (χ0v) is 10.3. The van der Waals surface area contributed by atoms with Crippen molar-refractivity contribution in [1.29, 1.82) is 0 Å².